The van der Waals surface area contributed by atoms with Crippen LogP contribution in [0.3, 0.4) is 0 Å². The van der Waals surface area contributed by atoms with Crippen LogP contribution < -0.4 is 5.32 Å². The van der Waals surface area contributed by atoms with Crippen LogP contribution in [-0.2, 0) is 12.3 Å². The van der Waals surface area contributed by atoms with Crippen LogP contribution in [0.25, 0.3) is 0 Å². The summed E-state index contributed by atoms with van der Waals surface area (Å²) in [4.78, 5) is 0. The standard InChI is InChI=1S/C13H13Br2NOS/c1-18-8-11-4-3-10(17-11)7-16-13-5-2-9(14)6-12(13)15/h2-6,16H,7-8H2,1H3. The maximum atomic E-state index is 5.70. The number of anilines is 1. The Hall–Kier alpha value is -0.390. The van der Waals surface area contributed by atoms with Gasteiger partial charge in [-0.2, -0.15) is 11.8 Å². The third-order valence-electron chi connectivity index (χ3n) is 2.39. The first-order chi connectivity index (χ1) is 8.69. The normalized spacial score (nSPS) is 10.6. The predicted molar refractivity (Wildman–Crippen MR) is 85.1 cm³/mol. The van der Waals surface area contributed by atoms with E-state index in [0.717, 1.165) is 31.9 Å². The van der Waals surface area contributed by atoms with Crippen molar-refractivity contribution in [3.05, 3.63) is 50.8 Å². The molecule has 0 spiro atoms. The van der Waals surface area contributed by atoms with E-state index in [1.807, 2.05) is 30.3 Å². The fraction of sp³-hybridized carbons (Fsp3) is 0.231. The summed E-state index contributed by atoms with van der Waals surface area (Å²) in [7, 11) is 0. The Morgan fingerprint density at radius 2 is 1.94 bits per heavy atom. The van der Waals surface area contributed by atoms with E-state index in [9.17, 15) is 0 Å². The highest BCUT2D eigenvalue weighted by atomic mass is 79.9. The number of rotatable bonds is 5. The Morgan fingerprint density at radius 3 is 2.67 bits per heavy atom. The summed E-state index contributed by atoms with van der Waals surface area (Å²) in [6, 6.07) is 10.1. The quantitative estimate of drug-likeness (QED) is 0.751. The van der Waals surface area contributed by atoms with E-state index in [2.05, 4.69) is 43.4 Å². The summed E-state index contributed by atoms with van der Waals surface area (Å²) in [6.07, 6.45) is 2.07. The number of hydrogen-bond donors (Lipinski definition) is 1. The summed E-state index contributed by atoms with van der Waals surface area (Å²) in [5, 5.41) is 3.34. The highest BCUT2D eigenvalue weighted by molar-refractivity contribution is 9.11. The van der Waals surface area contributed by atoms with Gasteiger partial charge in [-0.1, -0.05) is 15.9 Å². The van der Waals surface area contributed by atoms with Gasteiger partial charge in [0.1, 0.15) is 11.5 Å². The van der Waals surface area contributed by atoms with Crippen molar-refractivity contribution >= 4 is 49.3 Å². The van der Waals surface area contributed by atoms with E-state index >= 15 is 0 Å². The van der Waals surface area contributed by atoms with Gasteiger partial charge < -0.3 is 9.73 Å². The van der Waals surface area contributed by atoms with Crippen LogP contribution in [0.2, 0.25) is 0 Å². The molecule has 0 fully saturated rings. The molecule has 0 aliphatic carbocycles. The highest BCUT2D eigenvalue weighted by Gasteiger charge is 2.04. The molecule has 2 rings (SSSR count). The fourth-order valence-electron chi connectivity index (χ4n) is 1.55. The van der Waals surface area contributed by atoms with Crippen molar-refractivity contribution in [2.24, 2.45) is 0 Å². The lowest BCUT2D eigenvalue weighted by Crippen LogP contribution is -1.98. The summed E-state index contributed by atoms with van der Waals surface area (Å²) >= 11 is 8.72. The second kappa shape index (κ2) is 6.68. The number of hydrogen-bond acceptors (Lipinski definition) is 3. The topological polar surface area (TPSA) is 25.2 Å². The van der Waals surface area contributed by atoms with E-state index < -0.39 is 0 Å². The van der Waals surface area contributed by atoms with Crippen molar-refractivity contribution in [3.8, 4) is 0 Å². The molecule has 0 radical (unpaired) electrons. The molecule has 2 aromatic rings. The average Bonchev–Trinajstić information content (AvgIpc) is 2.76. The first-order valence-electron chi connectivity index (χ1n) is 5.44. The third kappa shape index (κ3) is 3.80. The lowest BCUT2D eigenvalue weighted by Gasteiger charge is -2.07. The number of thioether (sulfide) groups is 1. The number of nitrogens with one attached hydrogen (secondary N) is 1. The zero-order chi connectivity index (χ0) is 13.0. The Labute approximate surface area is 128 Å². The van der Waals surface area contributed by atoms with Crippen molar-refractivity contribution in [2.75, 3.05) is 11.6 Å². The molecule has 0 saturated carbocycles. The molecule has 5 heteroatoms. The largest absolute Gasteiger partial charge is 0.463 e. The van der Waals surface area contributed by atoms with E-state index in [1.54, 1.807) is 11.8 Å². The van der Waals surface area contributed by atoms with Gasteiger partial charge in [0, 0.05) is 14.6 Å². The minimum absolute atomic E-state index is 0.689. The smallest absolute Gasteiger partial charge is 0.123 e. The van der Waals surface area contributed by atoms with Crippen LogP contribution in [0.4, 0.5) is 5.69 Å². The molecule has 18 heavy (non-hydrogen) atoms. The van der Waals surface area contributed by atoms with E-state index in [-0.39, 0.29) is 0 Å². The molecule has 0 amide bonds. The molecular weight excluding hydrogens is 378 g/mol. The highest BCUT2D eigenvalue weighted by Crippen LogP contribution is 2.26. The average molecular weight is 391 g/mol. The second-order valence-corrected chi connectivity index (χ2v) is 6.41. The molecule has 0 atom stereocenters. The maximum Gasteiger partial charge on any atom is 0.123 e. The summed E-state index contributed by atoms with van der Waals surface area (Å²) < 4.78 is 7.79. The summed E-state index contributed by atoms with van der Waals surface area (Å²) in [6.45, 7) is 0.689. The summed E-state index contributed by atoms with van der Waals surface area (Å²) in [5.41, 5.74) is 1.06. The Morgan fingerprint density at radius 1 is 1.17 bits per heavy atom. The van der Waals surface area contributed by atoms with Gasteiger partial charge in [-0.05, 0) is 52.5 Å². The lowest BCUT2D eigenvalue weighted by molar-refractivity contribution is 0.487. The molecule has 1 aromatic carbocycles. The van der Waals surface area contributed by atoms with Gasteiger partial charge in [0.05, 0.1) is 12.3 Å². The molecule has 2 nitrogen and oxygen atoms in total. The minimum Gasteiger partial charge on any atom is -0.463 e. The van der Waals surface area contributed by atoms with Crippen molar-refractivity contribution in [3.63, 3.8) is 0 Å². The Kier molecular flexibility index (Phi) is 5.21. The van der Waals surface area contributed by atoms with Crippen LogP contribution in [0, 0.1) is 0 Å². The van der Waals surface area contributed by atoms with Gasteiger partial charge >= 0.3 is 0 Å². The number of furan rings is 1. The molecule has 1 aromatic heterocycles. The lowest BCUT2D eigenvalue weighted by atomic mass is 10.3. The molecule has 1 N–H and O–H groups in total. The molecule has 0 aliphatic heterocycles. The molecule has 0 saturated heterocycles. The Balaban J connectivity index is 1.97. The summed E-state index contributed by atoms with van der Waals surface area (Å²) in [5.74, 6) is 2.89. The molecule has 0 bridgehead atoms. The van der Waals surface area contributed by atoms with Gasteiger partial charge in [0.15, 0.2) is 0 Å². The van der Waals surface area contributed by atoms with E-state index in [1.165, 1.54) is 0 Å². The first kappa shape index (κ1) is 14.0. The van der Waals surface area contributed by atoms with Crippen LogP contribution in [0.15, 0.2) is 43.7 Å². The first-order valence-corrected chi connectivity index (χ1v) is 8.42. The molecule has 1 heterocycles. The van der Waals surface area contributed by atoms with E-state index in [0.29, 0.717) is 6.54 Å². The monoisotopic (exact) mass is 389 g/mol. The van der Waals surface area contributed by atoms with Crippen molar-refractivity contribution < 1.29 is 4.42 Å². The van der Waals surface area contributed by atoms with Gasteiger partial charge in [0.25, 0.3) is 0 Å². The number of halogens is 2. The predicted octanol–water partition coefficient (Wildman–Crippen LogP) is 5.28. The molecular formula is C13H13Br2NOS. The Bertz CT molecular complexity index is 527. The minimum atomic E-state index is 0.689. The molecule has 0 aliphatic rings. The van der Waals surface area contributed by atoms with Gasteiger partial charge in [0.2, 0.25) is 0 Å². The van der Waals surface area contributed by atoms with Crippen LogP contribution >= 0.6 is 43.6 Å². The SMILES string of the molecule is CSCc1ccc(CNc2ccc(Br)cc2Br)o1. The molecule has 96 valence electrons. The maximum absolute atomic E-state index is 5.70. The van der Waals surface area contributed by atoms with Crippen molar-refractivity contribution in [2.45, 2.75) is 12.3 Å². The van der Waals surface area contributed by atoms with Gasteiger partial charge in [-0.15, -0.1) is 0 Å². The fourth-order valence-corrected chi connectivity index (χ4v) is 3.18. The zero-order valence-electron chi connectivity index (χ0n) is 9.87. The second-order valence-electron chi connectivity index (χ2n) is 3.78. The van der Waals surface area contributed by atoms with Crippen LogP contribution in [0.5, 0.6) is 0 Å². The van der Waals surface area contributed by atoms with Crippen molar-refractivity contribution in [1.29, 1.82) is 0 Å². The molecule has 0 unspecified atom stereocenters. The van der Waals surface area contributed by atoms with Crippen LogP contribution in [-0.4, -0.2) is 6.26 Å². The van der Waals surface area contributed by atoms with Crippen molar-refractivity contribution in [1.82, 2.24) is 0 Å². The van der Waals surface area contributed by atoms with E-state index in [4.69, 9.17) is 4.42 Å². The van der Waals surface area contributed by atoms with Crippen LogP contribution in [0.1, 0.15) is 11.5 Å². The van der Waals surface area contributed by atoms with Gasteiger partial charge in [-0.25, -0.2) is 0 Å². The number of benzene rings is 1. The van der Waals surface area contributed by atoms with Gasteiger partial charge in [-0.3, -0.25) is 0 Å². The zero-order valence-corrected chi connectivity index (χ0v) is 13.9. The third-order valence-corrected chi connectivity index (χ3v) is 4.11.